The Morgan fingerprint density at radius 1 is 1.00 bits per heavy atom. The van der Waals surface area contributed by atoms with E-state index in [-0.39, 0.29) is 0 Å². The summed E-state index contributed by atoms with van der Waals surface area (Å²) in [7, 11) is 1.89. The van der Waals surface area contributed by atoms with Gasteiger partial charge >= 0.3 is 0 Å². The number of halogens is 1. The van der Waals surface area contributed by atoms with Crippen LogP contribution in [-0.2, 0) is 13.6 Å². The van der Waals surface area contributed by atoms with E-state index in [0.717, 1.165) is 33.5 Å². The van der Waals surface area contributed by atoms with Crippen molar-refractivity contribution >= 4 is 28.3 Å². The number of nitrogens with zero attached hydrogens (tertiary/aromatic N) is 8. The molecule has 0 aliphatic rings. The topological polar surface area (TPSA) is 78.7 Å². The molecule has 128 valence electrons. The molecule has 0 aliphatic heterocycles. The number of aromatic nitrogens is 8. The standard InChI is InChI=1S/C17H13ClN8/c1-24-9-12(6-21-24)11-4-15-14(19-5-11)8-22-25(15)10-13-7-20-17-3-2-16(18)23-26(13)17/h2-9H,10H2,1H3. The fourth-order valence-electron chi connectivity index (χ4n) is 2.97. The summed E-state index contributed by atoms with van der Waals surface area (Å²) in [5.41, 5.74) is 5.40. The lowest BCUT2D eigenvalue weighted by Gasteiger charge is -2.04. The molecule has 0 N–H and O–H groups in total. The first-order valence-electron chi connectivity index (χ1n) is 7.97. The van der Waals surface area contributed by atoms with Gasteiger partial charge < -0.3 is 0 Å². The predicted octanol–water partition coefficient (Wildman–Crippen LogP) is 2.58. The molecule has 9 heteroatoms. The van der Waals surface area contributed by atoms with Crippen molar-refractivity contribution in [2.75, 3.05) is 0 Å². The highest BCUT2D eigenvalue weighted by Crippen LogP contribution is 2.22. The van der Waals surface area contributed by atoms with Crippen molar-refractivity contribution in [1.29, 1.82) is 0 Å². The lowest BCUT2D eigenvalue weighted by atomic mass is 10.1. The Morgan fingerprint density at radius 2 is 1.92 bits per heavy atom. The van der Waals surface area contributed by atoms with Gasteiger partial charge in [0.1, 0.15) is 10.7 Å². The molecule has 0 saturated carbocycles. The number of imidazole rings is 1. The zero-order valence-electron chi connectivity index (χ0n) is 13.8. The van der Waals surface area contributed by atoms with Crippen molar-refractivity contribution < 1.29 is 0 Å². The molecule has 0 unspecified atom stereocenters. The third-order valence-corrected chi connectivity index (χ3v) is 4.45. The Kier molecular flexibility index (Phi) is 3.26. The molecule has 8 nitrogen and oxygen atoms in total. The van der Waals surface area contributed by atoms with Gasteiger partial charge in [-0.3, -0.25) is 14.3 Å². The monoisotopic (exact) mass is 364 g/mol. The van der Waals surface area contributed by atoms with Gasteiger partial charge in [0.15, 0.2) is 5.65 Å². The summed E-state index contributed by atoms with van der Waals surface area (Å²) < 4.78 is 5.38. The first kappa shape index (κ1) is 15.0. The van der Waals surface area contributed by atoms with E-state index in [1.807, 2.05) is 36.4 Å². The number of hydrogen-bond acceptors (Lipinski definition) is 5. The molecule has 0 radical (unpaired) electrons. The van der Waals surface area contributed by atoms with Crippen LogP contribution in [0.15, 0.2) is 49.2 Å². The maximum absolute atomic E-state index is 6.02. The zero-order valence-corrected chi connectivity index (χ0v) is 14.5. The highest BCUT2D eigenvalue weighted by molar-refractivity contribution is 6.29. The first-order valence-corrected chi connectivity index (χ1v) is 8.35. The Bertz CT molecular complexity index is 1250. The molecule has 0 bridgehead atoms. The van der Waals surface area contributed by atoms with Gasteiger partial charge in [-0.05, 0) is 18.2 Å². The fraction of sp³-hybridized carbons (Fsp3) is 0.118. The largest absolute Gasteiger partial charge is 0.275 e. The SMILES string of the molecule is Cn1cc(-c2cnc3cnn(Cc4cnc5ccc(Cl)nn45)c3c2)cn1. The Labute approximate surface area is 152 Å². The minimum absolute atomic E-state index is 0.419. The van der Waals surface area contributed by atoms with Crippen LogP contribution in [0.1, 0.15) is 5.69 Å². The van der Waals surface area contributed by atoms with Crippen LogP contribution in [0.2, 0.25) is 5.15 Å². The summed E-state index contributed by atoms with van der Waals surface area (Å²) >= 11 is 6.02. The summed E-state index contributed by atoms with van der Waals surface area (Å²) in [6, 6.07) is 5.62. The summed E-state index contributed by atoms with van der Waals surface area (Å²) in [5, 5.41) is 13.4. The quantitative estimate of drug-likeness (QED) is 0.491. The normalized spacial score (nSPS) is 11.6. The number of fused-ring (bicyclic) bond motifs is 2. The average Bonchev–Trinajstić information content (AvgIpc) is 3.35. The van der Waals surface area contributed by atoms with Crippen LogP contribution >= 0.6 is 11.6 Å². The van der Waals surface area contributed by atoms with Crippen molar-refractivity contribution in [2.24, 2.45) is 7.05 Å². The molecule has 5 aromatic heterocycles. The molecule has 5 aromatic rings. The smallest absolute Gasteiger partial charge is 0.153 e. The van der Waals surface area contributed by atoms with Crippen LogP contribution in [-0.4, -0.2) is 39.1 Å². The highest BCUT2D eigenvalue weighted by Gasteiger charge is 2.11. The van der Waals surface area contributed by atoms with E-state index in [4.69, 9.17) is 11.6 Å². The Hall–Kier alpha value is -3.26. The first-order chi connectivity index (χ1) is 12.7. The molecule has 0 amide bonds. The van der Waals surface area contributed by atoms with Crippen LogP contribution in [0, 0.1) is 0 Å². The molecule has 26 heavy (non-hydrogen) atoms. The molecule has 0 aliphatic carbocycles. The molecular formula is C17H13ClN8. The van der Waals surface area contributed by atoms with E-state index in [9.17, 15) is 0 Å². The minimum Gasteiger partial charge on any atom is -0.275 e. The molecule has 0 spiro atoms. The molecule has 0 saturated heterocycles. The van der Waals surface area contributed by atoms with Crippen molar-refractivity contribution in [3.63, 3.8) is 0 Å². The number of aryl methyl sites for hydroxylation is 1. The van der Waals surface area contributed by atoms with E-state index < -0.39 is 0 Å². The van der Waals surface area contributed by atoms with Crippen molar-refractivity contribution in [3.05, 3.63) is 60.0 Å². The molecule has 0 atom stereocenters. The minimum atomic E-state index is 0.419. The molecule has 0 fully saturated rings. The second-order valence-corrected chi connectivity index (χ2v) is 6.40. The van der Waals surface area contributed by atoms with Gasteiger partial charge in [-0.2, -0.15) is 15.3 Å². The number of rotatable bonds is 3. The zero-order chi connectivity index (χ0) is 17.7. The fourth-order valence-corrected chi connectivity index (χ4v) is 3.11. The van der Waals surface area contributed by atoms with Crippen LogP contribution in [0.4, 0.5) is 0 Å². The van der Waals surface area contributed by atoms with Crippen LogP contribution < -0.4 is 0 Å². The molecular weight excluding hydrogens is 352 g/mol. The van der Waals surface area contributed by atoms with Gasteiger partial charge in [0.2, 0.25) is 0 Å². The summed E-state index contributed by atoms with van der Waals surface area (Å²) in [5.74, 6) is 0. The molecule has 5 rings (SSSR count). The molecule has 5 heterocycles. The second-order valence-electron chi connectivity index (χ2n) is 6.01. The summed E-state index contributed by atoms with van der Waals surface area (Å²) in [6.45, 7) is 0.510. The van der Waals surface area contributed by atoms with E-state index in [0.29, 0.717) is 11.7 Å². The van der Waals surface area contributed by atoms with Crippen molar-refractivity contribution in [3.8, 4) is 11.1 Å². The summed E-state index contributed by atoms with van der Waals surface area (Å²) in [6.07, 6.45) is 9.15. The van der Waals surface area contributed by atoms with Crippen LogP contribution in [0.5, 0.6) is 0 Å². The van der Waals surface area contributed by atoms with Crippen LogP contribution in [0.3, 0.4) is 0 Å². The summed E-state index contributed by atoms with van der Waals surface area (Å²) in [4.78, 5) is 8.88. The maximum Gasteiger partial charge on any atom is 0.153 e. The Balaban J connectivity index is 1.59. The van der Waals surface area contributed by atoms with E-state index >= 15 is 0 Å². The predicted molar refractivity (Wildman–Crippen MR) is 96.8 cm³/mol. The number of pyridine rings is 1. The second kappa shape index (κ2) is 5.63. The third kappa shape index (κ3) is 2.42. The Morgan fingerprint density at radius 3 is 2.77 bits per heavy atom. The van der Waals surface area contributed by atoms with Gasteiger partial charge in [0.05, 0.1) is 36.3 Å². The van der Waals surface area contributed by atoms with Gasteiger partial charge in [-0.1, -0.05) is 11.6 Å². The lowest BCUT2D eigenvalue weighted by Crippen LogP contribution is -2.06. The highest BCUT2D eigenvalue weighted by atomic mass is 35.5. The van der Waals surface area contributed by atoms with Crippen molar-refractivity contribution in [1.82, 2.24) is 39.1 Å². The van der Waals surface area contributed by atoms with Crippen molar-refractivity contribution in [2.45, 2.75) is 6.54 Å². The number of hydrogen-bond donors (Lipinski definition) is 0. The van der Waals surface area contributed by atoms with E-state index in [2.05, 4.69) is 31.3 Å². The van der Waals surface area contributed by atoms with E-state index in [1.165, 1.54) is 0 Å². The average molecular weight is 365 g/mol. The maximum atomic E-state index is 6.02. The van der Waals surface area contributed by atoms with Crippen LogP contribution in [0.25, 0.3) is 27.8 Å². The van der Waals surface area contributed by atoms with Gasteiger partial charge in [0, 0.05) is 30.6 Å². The van der Waals surface area contributed by atoms with Gasteiger partial charge in [0.25, 0.3) is 0 Å². The van der Waals surface area contributed by atoms with Gasteiger partial charge in [-0.25, -0.2) is 9.50 Å². The van der Waals surface area contributed by atoms with Gasteiger partial charge in [-0.15, -0.1) is 0 Å². The van der Waals surface area contributed by atoms with E-state index in [1.54, 1.807) is 27.7 Å². The molecule has 0 aromatic carbocycles. The lowest BCUT2D eigenvalue weighted by molar-refractivity contribution is 0.676. The third-order valence-electron chi connectivity index (χ3n) is 4.25.